The number of hydrogen-bond acceptors (Lipinski definition) is 2. The van der Waals surface area contributed by atoms with Gasteiger partial charge in [-0.15, -0.1) is 0 Å². The van der Waals surface area contributed by atoms with Gasteiger partial charge in [0, 0.05) is 27.6 Å². The standard InChI is InChI=1S/C45H33NO.C2H6/c1-45(2)40-16-8-6-13-36(40)38-15-10-17-41(44(38)45)46(34-24-19-31(20-25-34)30-11-4-3-5-12-30)35-26-21-32(22-27-35)33-23-28-43-39(29-33)37-14-7-9-18-42(37)47-43;1-2/h3-29H,1-2H3;1-2H3. The van der Waals surface area contributed by atoms with Gasteiger partial charge in [-0.25, -0.2) is 0 Å². The highest BCUT2D eigenvalue weighted by Crippen LogP contribution is 2.54. The average Bonchev–Trinajstić information content (AvgIpc) is 3.65. The topological polar surface area (TPSA) is 16.4 Å². The summed E-state index contributed by atoms with van der Waals surface area (Å²) < 4.78 is 6.10. The van der Waals surface area contributed by atoms with Gasteiger partial charge in [0.25, 0.3) is 0 Å². The summed E-state index contributed by atoms with van der Waals surface area (Å²) in [5, 5.41) is 2.29. The second-order valence-corrected chi connectivity index (χ2v) is 13.0. The third-order valence-corrected chi connectivity index (χ3v) is 9.87. The minimum absolute atomic E-state index is 0.145. The van der Waals surface area contributed by atoms with Gasteiger partial charge in [0.05, 0.1) is 5.69 Å². The molecule has 0 unspecified atom stereocenters. The molecule has 0 radical (unpaired) electrons. The lowest BCUT2D eigenvalue weighted by Crippen LogP contribution is -2.20. The number of furan rings is 1. The Labute approximate surface area is 288 Å². The maximum absolute atomic E-state index is 6.10. The summed E-state index contributed by atoms with van der Waals surface area (Å²) in [5.41, 5.74) is 15.3. The maximum Gasteiger partial charge on any atom is 0.135 e. The van der Waals surface area contributed by atoms with Gasteiger partial charge in [-0.05, 0) is 93.0 Å². The molecule has 1 aliphatic rings. The fourth-order valence-electron chi connectivity index (χ4n) is 7.57. The van der Waals surface area contributed by atoms with Crippen LogP contribution in [-0.4, -0.2) is 0 Å². The van der Waals surface area contributed by atoms with Crippen molar-refractivity contribution in [1.82, 2.24) is 0 Å². The molecule has 0 N–H and O–H groups in total. The number of fused-ring (bicyclic) bond motifs is 6. The van der Waals surface area contributed by atoms with E-state index in [0.717, 1.165) is 33.3 Å². The first-order chi connectivity index (χ1) is 24.1. The zero-order chi connectivity index (χ0) is 33.5. The molecule has 0 aliphatic heterocycles. The van der Waals surface area contributed by atoms with Crippen molar-refractivity contribution in [3.63, 3.8) is 0 Å². The van der Waals surface area contributed by atoms with Crippen molar-refractivity contribution in [3.8, 4) is 33.4 Å². The molecule has 0 amide bonds. The van der Waals surface area contributed by atoms with E-state index in [1.807, 2.05) is 26.0 Å². The zero-order valence-electron chi connectivity index (χ0n) is 28.4. The van der Waals surface area contributed by atoms with E-state index in [0.29, 0.717) is 0 Å². The van der Waals surface area contributed by atoms with Crippen LogP contribution in [0, 0.1) is 0 Å². The van der Waals surface area contributed by atoms with Crippen LogP contribution in [0.2, 0.25) is 0 Å². The third-order valence-electron chi connectivity index (χ3n) is 9.87. The molecule has 0 bridgehead atoms. The lowest BCUT2D eigenvalue weighted by Gasteiger charge is -2.32. The normalized spacial score (nSPS) is 12.7. The van der Waals surface area contributed by atoms with E-state index in [1.165, 1.54) is 50.2 Å². The summed E-state index contributed by atoms with van der Waals surface area (Å²) in [6, 6.07) is 58.9. The first-order valence-corrected chi connectivity index (χ1v) is 17.3. The van der Waals surface area contributed by atoms with Gasteiger partial charge in [-0.2, -0.15) is 0 Å². The highest BCUT2D eigenvalue weighted by atomic mass is 16.3. The Kier molecular flexibility index (Phi) is 7.65. The van der Waals surface area contributed by atoms with Crippen LogP contribution in [0.3, 0.4) is 0 Å². The smallest absolute Gasteiger partial charge is 0.135 e. The van der Waals surface area contributed by atoms with Gasteiger partial charge < -0.3 is 9.32 Å². The summed E-state index contributed by atoms with van der Waals surface area (Å²) in [6.07, 6.45) is 0. The van der Waals surface area contributed by atoms with Crippen molar-refractivity contribution in [3.05, 3.63) is 175 Å². The maximum atomic E-state index is 6.10. The van der Waals surface area contributed by atoms with E-state index < -0.39 is 0 Å². The van der Waals surface area contributed by atoms with E-state index in [4.69, 9.17) is 4.42 Å². The van der Waals surface area contributed by atoms with Crippen LogP contribution in [-0.2, 0) is 5.41 Å². The Morgan fingerprint density at radius 2 is 1.00 bits per heavy atom. The highest BCUT2D eigenvalue weighted by Gasteiger charge is 2.38. The molecule has 1 aromatic heterocycles. The summed E-state index contributed by atoms with van der Waals surface area (Å²) in [6.45, 7) is 8.72. The van der Waals surface area contributed by atoms with Gasteiger partial charge in [-0.3, -0.25) is 0 Å². The first kappa shape index (κ1) is 30.5. The highest BCUT2D eigenvalue weighted by molar-refractivity contribution is 6.06. The Bertz CT molecular complexity index is 2420. The molecule has 9 rings (SSSR count). The molecular weight excluding hydrogens is 595 g/mol. The summed E-state index contributed by atoms with van der Waals surface area (Å²) in [4.78, 5) is 2.43. The minimum Gasteiger partial charge on any atom is -0.456 e. The van der Waals surface area contributed by atoms with Crippen LogP contribution < -0.4 is 4.90 Å². The molecule has 0 spiro atoms. The molecule has 2 heteroatoms. The van der Waals surface area contributed by atoms with Crippen LogP contribution in [0.1, 0.15) is 38.8 Å². The monoisotopic (exact) mass is 633 g/mol. The Hall–Kier alpha value is -5.86. The van der Waals surface area contributed by atoms with E-state index >= 15 is 0 Å². The fraction of sp³-hybridized carbons (Fsp3) is 0.106. The predicted octanol–water partition coefficient (Wildman–Crippen LogP) is 13.7. The minimum atomic E-state index is -0.145. The molecule has 2 nitrogen and oxygen atoms in total. The number of benzene rings is 7. The van der Waals surface area contributed by atoms with Crippen molar-refractivity contribution in [1.29, 1.82) is 0 Å². The molecule has 7 aromatic carbocycles. The Balaban J connectivity index is 0.00000171. The zero-order valence-corrected chi connectivity index (χ0v) is 28.4. The lowest BCUT2D eigenvalue weighted by molar-refractivity contribution is 0.661. The van der Waals surface area contributed by atoms with Crippen molar-refractivity contribution < 1.29 is 4.42 Å². The second kappa shape index (κ2) is 12.3. The summed E-state index contributed by atoms with van der Waals surface area (Å²) in [7, 11) is 0. The Morgan fingerprint density at radius 3 is 1.73 bits per heavy atom. The van der Waals surface area contributed by atoms with Crippen molar-refractivity contribution in [2.24, 2.45) is 0 Å². The predicted molar refractivity (Wildman–Crippen MR) is 208 cm³/mol. The molecule has 0 fully saturated rings. The van der Waals surface area contributed by atoms with Crippen LogP contribution >= 0.6 is 0 Å². The van der Waals surface area contributed by atoms with E-state index in [2.05, 4.69) is 170 Å². The van der Waals surface area contributed by atoms with Crippen LogP contribution in [0.25, 0.3) is 55.3 Å². The Morgan fingerprint density at radius 1 is 0.449 bits per heavy atom. The van der Waals surface area contributed by atoms with Gasteiger partial charge in [0.15, 0.2) is 0 Å². The van der Waals surface area contributed by atoms with Crippen molar-refractivity contribution >= 4 is 39.0 Å². The molecule has 8 aromatic rings. The van der Waals surface area contributed by atoms with Crippen LogP contribution in [0.5, 0.6) is 0 Å². The molecule has 0 atom stereocenters. The van der Waals surface area contributed by atoms with Crippen molar-refractivity contribution in [2.45, 2.75) is 33.1 Å². The first-order valence-electron chi connectivity index (χ1n) is 17.3. The fourth-order valence-corrected chi connectivity index (χ4v) is 7.57. The van der Waals surface area contributed by atoms with Crippen LogP contribution in [0.15, 0.2) is 168 Å². The number of para-hydroxylation sites is 1. The third kappa shape index (κ3) is 5.12. The van der Waals surface area contributed by atoms with Crippen LogP contribution in [0.4, 0.5) is 17.1 Å². The van der Waals surface area contributed by atoms with Gasteiger partial charge >= 0.3 is 0 Å². The summed E-state index contributed by atoms with van der Waals surface area (Å²) in [5.74, 6) is 0. The lowest BCUT2D eigenvalue weighted by atomic mass is 9.81. The molecular formula is C47H39NO. The quantitative estimate of drug-likeness (QED) is 0.187. The van der Waals surface area contributed by atoms with E-state index in [-0.39, 0.29) is 5.41 Å². The second-order valence-electron chi connectivity index (χ2n) is 13.0. The van der Waals surface area contributed by atoms with Gasteiger partial charge in [0.2, 0.25) is 0 Å². The van der Waals surface area contributed by atoms with Gasteiger partial charge in [-0.1, -0.05) is 143 Å². The van der Waals surface area contributed by atoms with Crippen molar-refractivity contribution in [2.75, 3.05) is 4.90 Å². The molecule has 49 heavy (non-hydrogen) atoms. The molecule has 1 aliphatic carbocycles. The number of hydrogen-bond donors (Lipinski definition) is 0. The number of anilines is 3. The van der Waals surface area contributed by atoms with Gasteiger partial charge in [0.1, 0.15) is 11.2 Å². The molecule has 0 saturated carbocycles. The summed E-state index contributed by atoms with van der Waals surface area (Å²) >= 11 is 0. The van der Waals surface area contributed by atoms with E-state index in [9.17, 15) is 0 Å². The number of rotatable bonds is 5. The molecule has 1 heterocycles. The SMILES string of the molecule is CC.CC1(C)c2ccccc2-c2cccc(N(c3ccc(-c4ccccc4)cc3)c3ccc(-c4ccc5oc6ccccc6c5c4)cc3)c21. The number of nitrogens with zero attached hydrogens (tertiary/aromatic N) is 1. The largest absolute Gasteiger partial charge is 0.456 e. The average molecular weight is 634 g/mol. The molecule has 238 valence electrons. The molecule has 0 saturated heterocycles. The van der Waals surface area contributed by atoms with E-state index in [1.54, 1.807) is 0 Å².